The van der Waals surface area contributed by atoms with Crippen LogP contribution >= 0.6 is 0 Å². The minimum absolute atomic E-state index is 0.0313. The highest BCUT2D eigenvalue weighted by molar-refractivity contribution is 5.94. The molecule has 4 nitrogen and oxygen atoms in total. The van der Waals surface area contributed by atoms with E-state index in [0.29, 0.717) is 6.54 Å². The molecule has 0 atom stereocenters. The van der Waals surface area contributed by atoms with E-state index in [1.807, 2.05) is 71.6 Å². The second-order valence-electron chi connectivity index (χ2n) is 5.33. The maximum atomic E-state index is 12.3. The molecule has 0 aliphatic carbocycles. The Hall–Kier alpha value is -3.01. The number of hydrogen-bond donors (Lipinski definition) is 2. The fourth-order valence-electron chi connectivity index (χ4n) is 2.76. The van der Waals surface area contributed by atoms with Gasteiger partial charge in [-0.2, -0.15) is 0 Å². The number of carbonyl (C=O) groups excluding carboxylic acids is 1. The first-order valence-corrected chi connectivity index (χ1v) is 7.20. The lowest BCUT2D eigenvalue weighted by atomic mass is 10.2. The zero-order valence-electron chi connectivity index (χ0n) is 11.9. The highest BCUT2D eigenvalue weighted by Gasteiger charge is 2.07. The van der Waals surface area contributed by atoms with Gasteiger partial charge in [0.1, 0.15) is 6.54 Å². The van der Waals surface area contributed by atoms with Gasteiger partial charge >= 0.3 is 0 Å². The molecule has 2 aromatic heterocycles. The fraction of sp³-hybridized carbons (Fsp3) is 0.0556. The summed E-state index contributed by atoms with van der Waals surface area (Å²) in [6.45, 7) is 0.304. The van der Waals surface area contributed by atoms with Crippen molar-refractivity contribution < 1.29 is 4.79 Å². The van der Waals surface area contributed by atoms with Crippen LogP contribution in [0.5, 0.6) is 0 Å². The van der Waals surface area contributed by atoms with Crippen LogP contribution in [0.15, 0.2) is 67.0 Å². The number of aromatic amines is 1. The predicted octanol–water partition coefficient (Wildman–Crippen LogP) is 3.76. The van der Waals surface area contributed by atoms with Crippen LogP contribution in [0.2, 0.25) is 0 Å². The van der Waals surface area contributed by atoms with Crippen molar-refractivity contribution in [2.75, 3.05) is 5.32 Å². The van der Waals surface area contributed by atoms with Crippen LogP contribution in [0.1, 0.15) is 0 Å². The second-order valence-corrected chi connectivity index (χ2v) is 5.33. The molecule has 0 fully saturated rings. The number of benzene rings is 2. The first-order chi connectivity index (χ1) is 10.8. The van der Waals surface area contributed by atoms with Gasteiger partial charge in [0.05, 0.1) is 0 Å². The number of anilines is 1. The van der Waals surface area contributed by atoms with E-state index in [2.05, 4.69) is 10.3 Å². The van der Waals surface area contributed by atoms with Gasteiger partial charge in [-0.05, 0) is 41.8 Å². The summed E-state index contributed by atoms with van der Waals surface area (Å²) in [6, 6.07) is 17.9. The quantitative estimate of drug-likeness (QED) is 0.593. The number of nitrogens with one attached hydrogen (secondary N) is 2. The van der Waals surface area contributed by atoms with Crippen molar-refractivity contribution in [2.45, 2.75) is 6.54 Å². The second kappa shape index (κ2) is 5.07. The smallest absolute Gasteiger partial charge is 0.244 e. The van der Waals surface area contributed by atoms with Gasteiger partial charge in [0.2, 0.25) is 5.91 Å². The summed E-state index contributed by atoms with van der Waals surface area (Å²) in [4.78, 5) is 15.4. The topological polar surface area (TPSA) is 49.8 Å². The maximum absolute atomic E-state index is 12.3. The molecular weight excluding hydrogens is 274 g/mol. The van der Waals surface area contributed by atoms with Gasteiger partial charge in [-0.15, -0.1) is 0 Å². The number of fused-ring (bicyclic) bond motifs is 2. The number of aromatic nitrogens is 2. The average molecular weight is 289 g/mol. The van der Waals surface area contributed by atoms with Crippen LogP contribution in [0, 0.1) is 0 Å². The molecule has 0 saturated heterocycles. The standard InChI is InChI=1S/C18H15N3O/c22-18(12-21-10-8-13-3-1-2-4-17(13)21)20-15-5-6-16-14(11-15)7-9-19-16/h1-11,19H,12H2,(H,20,22). The number of rotatable bonds is 3. The number of amides is 1. The third-order valence-corrected chi connectivity index (χ3v) is 3.83. The van der Waals surface area contributed by atoms with Crippen molar-refractivity contribution in [3.8, 4) is 0 Å². The Kier molecular flexibility index (Phi) is 2.93. The molecule has 2 heterocycles. The van der Waals surface area contributed by atoms with E-state index in [0.717, 1.165) is 27.5 Å². The van der Waals surface area contributed by atoms with Gasteiger partial charge in [0, 0.05) is 34.5 Å². The number of nitrogens with zero attached hydrogens (tertiary/aromatic N) is 1. The molecule has 0 unspecified atom stereocenters. The molecule has 108 valence electrons. The SMILES string of the molecule is O=C(Cn1ccc2ccccc21)Nc1ccc2[nH]ccc2c1. The van der Waals surface area contributed by atoms with Crippen molar-refractivity contribution in [2.24, 2.45) is 0 Å². The fourth-order valence-corrected chi connectivity index (χ4v) is 2.76. The van der Waals surface area contributed by atoms with Crippen molar-refractivity contribution in [3.05, 3.63) is 67.0 Å². The molecule has 0 saturated carbocycles. The van der Waals surface area contributed by atoms with Gasteiger partial charge in [0.25, 0.3) is 0 Å². The van der Waals surface area contributed by atoms with Gasteiger partial charge in [0.15, 0.2) is 0 Å². The number of H-pyrrole nitrogens is 1. The Balaban J connectivity index is 1.54. The van der Waals surface area contributed by atoms with E-state index in [1.54, 1.807) is 0 Å². The third kappa shape index (κ3) is 2.24. The Labute approximate surface area is 127 Å². The summed E-state index contributed by atoms with van der Waals surface area (Å²) >= 11 is 0. The molecule has 4 rings (SSSR count). The van der Waals surface area contributed by atoms with E-state index in [4.69, 9.17) is 0 Å². The first kappa shape index (κ1) is 12.7. The summed E-state index contributed by atoms with van der Waals surface area (Å²) in [6.07, 6.45) is 3.84. The molecule has 0 aliphatic rings. The Morgan fingerprint density at radius 1 is 1.05 bits per heavy atom. The highest BCUT2D eigenvalue weighted by Crippen LogP contribution is 2.18. The van der Waals surface area contributed by atoms with Crippen molar-refractivity contribution in [1.82, 2.24) is 9.55 Å². The Morgan fingerprint density at radius 3 is 2.91 bits per heavy atom. The Bertz CT molecular complexity index is 964. The Morgan fingerprint density at radius 2 is 1.95 bits per heavy atom. The molecule has 2 aromatic carbocycles. The molecule has 0 aliphatic heterocycles. The lowest BCUT2D eigenvalue weighted by Gasteiger charge is -2.07. The molecule has 4 aromatic rings. The molecule has 1 amide bonds. The highest BCUT2D eigenvalue weighted by atomic mass is 16.1. The normalized spacial score (nSPS) is 11.1. The van der Waals surface area contributed by atoms with E-state index in [-0.39, 0.29) is 5.91 Å². The van der Waals surface area contributed by atoms with Gasteiger partial charge in [-0.1, -0.05) is 18.2 Å². The maximum Gasteiger partial charge on any atom is 0.244 e. The minimum Gasteiger partial charge on any atom is -0.361 e. The number of hydrogen-bond acceptors (Lipinski definition) is 1. The summed E-state index contributed by atoms with van der Waals surface area (Å²) in [5.74, 6) is -0.0313. The number of carbonyl (C=O) groups is 1. The molecule has 2 N–H and O–H groups in total. The van der Waals surface area contributed by atoms with Crippen molar-refractivity contribution >= 4 is 33.4 Å². The lowest BCUT2D eigenvalue weighted by Crippen LogP contribution is -2.18. The zero-order chi connectivity index (χ0) is 14.9. The summed E-state index contributed by atoms with van der Waals surface area (Å²) < 4.78 is 1.96. The predicted molar refractivity (Wildman–Crippen MR) is 88.9 cm³/mol. The zero-order valence-corrected chi connectivity index (χ0v) is 11.9. The van der Waals surface area contributed by atoms with Crippen LogP contribution < -0.4 is 5.32 Å². The van der Waals surface area contributed by atoms with Crippen LogP contribution in [0.3, 0.4) is 0 Å². The summed E-state index contributed by atoms with van der Waals surface area (Å²) in [7, 11) is 0. The average Bonchev–Trinajstić information content (AvgIpc) is 3.14. The molecule has 0 bridgehead atoms. The summed E-state index contributed by atoms with van der Waals surface area (Å²) in [5, 5.41) is 5.18. The molecular formula is C18H15N3O. The van der Waals surface area contributed by atoms with E-state index >= 15 is 0 Å². The largest absolute Gasteiger partial charge is 0.361 e. The number of para-hydroxylation sites is 1. The monoisotopic (exact) mass is 289 g/mol. The van der Waals surface area contributed by atoms with E-state index in [1.165, 1.54) is 0 Å². The van der Waals surface area contributed by atoms with Crippen LogP contribution in [-0.2, 0) is 11.3 Å². The lowest BCUT2D eigenvalue weighted by molar-refractivity contribution is -0.116. The van der Waals surface area contributed by atoms with Gasteiger partial charge in [-0.25, -0.2) is 0 Å². The van der Waals surface area contributed by atoms with Gasteiger partial charge in [-0.3, -0.25) is 4.79 Å². The molecule has 0 spiro atoms. The van der Waals surface area contributed by atoms with Crippen molar-refractivity contribution in [3.63, 3.8) is 0 Å². The third-order valence-electron chi connectivity index (χ3n) is 3.83. The molecule has 22 heavy (non-hydrogen) atoms. The summed E-state index contributed by atoms with van der Waals surface area (Å²) in [5.41, 5.74) is 2.95. The van der Waals surface area contributed by atoms with Crippen LogP contribution in [0.4, 0.5) is 5.69 Å². The molecule has 0 radical (unpaired) electrons. The minimum atomic E-state index is -0.0313. The first-order valence-electron chi connectivity index (χ1n) is 7.20. The van der Waals surface area contributed by atoms with Gasteiger partial charge < -0.3 is 14.9 Å². The van der Waals surface area contributed by atoms with Crippen molar-refractivity contribution in [1.29, 1.82) is 0 Å². The van der Waals surface area contributed by atoms with E-state index in [9.17, 15) is 4.79 Å². The van der Waals surface area contributed by atoms with Crippen LogP contribution in [0.25, 0.3) is 21.8 Å². The molecule has 4 heteroatoms. The van der Waals surface area contributed by atoms with Crippen LogP contribution in [-0.4, -0.2) is 15.5 Å². The van der Waals surface area contributed by atoms with E-state index < -0.39 is 0 Å².